The lowest BCUT2D eigenvalue weighted by molar-refractivity contribution is -0.142. The van der Waals surface area contributed by atoms with Gasteiger partial charge in [-0.2, -0.15) is 0 Å². The van der Waals surface area contributed by atoms with Crippen LogP contribution < -0.4 is 0 Å². The third-order valence-corrected chi connectivity index (χ3v) is 2.45. The smallest absolute Gasteiger partial charge is 0.305 e. The van der Waals surface area contributed by atoms with Gasteiger partial charge >= 0.3 is 5.97 Å². The molecular formula is C13H19NO4. The summed E-state index contributed by atoms with van der Waals surface area (Å²) in [5.41, 5.74) is -0.537. The number of carbonyl (C=O) groups is 2. The molecule has 0 bridgehead atoms. The molecule has 0 saturated heterocycles. The van der Waals surface area contributed by atoms with Crippen molar-refractivity contribution < 1.29 is 19.1 Å². The number of hydrogen-bond acceptors (Lipinski definition) is 3. The second-order valence-electron chi connectivity index (χ2n) is 5.20. The molecule has 100 valence electrons. The van der Waals surface area contributed by atoms with Crippen LogP contribution in [-0.2, 0) is 16.1 Å². The van der Waals surface area contributed by atoms with Crippen molar-refractivity contribution in [3.63, 3.8) is 0 Å². The zero-order valence-corrected chi connectivity index (χ0v) is 11.0. The van der Waals surface area contributed by atoms with Gasteiger partial charge in [-0.15, -0.1) is 0 Å². The molecule has 0 saturated carbocycles. The fourth-order valence-corrected chi connectivity index (χ4v) is 1.55. The Morgan fingerprint density at radius 1 is 1.39 bits per heavy atom. The highest BCUT2D eigenvalue weighted by atomic mass is 16.4. The van der Waals surface area contributed by atoms with Gasteiger partial charge < -0.3 is 14.4 Å². The van der Waals surface area contributed by atoms with Crippen LogP contribution in [0.1, 0.15) is 33.0 Å². The molecule has 1 aromatic rings. The van der Waals surface area contributed by atoms with Crippen LogP contribution in [0, 0.1) is 5.41 Å². The average Bonchev–Trinajstić information content (AvgIpc) is 2.74. The van der Waals surface area contributed by atoms with E-state index in [1.807, 2.05) is 20.8 Å². The molecule has 18 heavy (non-hydrogen) atoms. The van der Waals surface area contributed by atoms with Crippen LogP contribution in [0.2, 0.25) is 0 Å². The number of rotatable bonds is 5. The molecule has 5 nitrogen and oxygen atoms in total. The zero-order valence-electron chi connectivity index (χ0n) is 11.0. The molecule has 1 aromatic heterocycles. The van der Waals surface area contributed by atoms with Crippen molar-refractivity contribution in [2.75, 3.05) is 6.54 Å². The molecule has 0 unspecified atom stereocenters. The van der Waals surface area contributed by atoms with Gasteiger partial charge in [-0.1, -0.05) is 20.8 Å². The summed E-state index contributed by atoms with van der Waals surface area (Å²) in [4.78, 5) is 24.3. The molecule has 1 rings (SSSR count). The summed E-state index contributed by atoms with van der Waals surface area (Å²) >= 11 is 0. The number of hydrogen-bond donors (Lipinski definition) is 1. The number of amides is 1. The highest BCUT2D eigenvalue weighted by Crippen LogP contribution is 2.19. The molecule has 1 amide bonds. The molecule has 0 atom stereocenters. The van der Waals surface area contributed by atoms with Crippen LogP contribution in [0.15, 0.2) is 22.8 Å². The lowest BCUT2D eigenvalue weighted by Crippen LogP contribution is -2.40. The fourth-order valence-electron chi connectivity index (χ4n) is 1.55. The van der Waals surface area contributed by atoms with E-state index < -0.39 is 11.4 Å². The van der Waals surface area contributed by atoms with Crippen LogP contribution in [0.5, 0.6) is 0 Å². The molecule has 0 spiro atoms. The Bertz CT molecular complexity index is 403. The van der Waals surface area contributed by atoms with E-state index in [0.717, 1.165) is 0 Å². The predicted octanol–water partition coefficient (Wildman–Crippen LogP) is 2.13. The van der Waals surface area contributed by atoms with Crippen molar-refractivity contribution in [2.45, 2.75) is 33.7 Å². The number of carboxylic acids is 1. The Labute approximate surface area is 106 Å². The SMILES string of the molecule is CC(C)(C)C(=O)N(CCC(=O)O)Cc1ccco1. The Kier molecular flexibility index (Phi) is 4.53. The maximum Gasteiger partial charge on any atom is 0.305 e. The van der Waals surface area contributed by atoms with Gasteiger partial charge in [0.05, 0.1) is 19.2 Å². The first-order valence-electron chi connectivity index (χ1n) is 5.84. The van der Waals surface area contributed by atoms with Crippen molar-refractivity contribution in [1.29, 1.82) is 0 Å². The van der Waals surface area contributed by atoms with Crippen LogP contribution in [0.3, 0.4) is 0 Å². The first-order chi connectivity index (χ1) is 8.30. The second kappa shape index (κ2) is 5.71. The number of aliphatic carboxylic acids is 1. The van der Waals surface area contributed by atoms with Crippen LogP contribution in [-0.4, -0.2) is 28.4 Å². The summed E-state index contributed by atoms with van der Waals surface area (Å²) in [5, 5.41) is 8.71. The van der Waals surface area contributed by atoms with E-state index >= 15 is 0 Å². The number of furan rings is 1. The van der Waals surface area contributed by atoms with Crippen LogP contribution in [0.4, 0.5) is 0 Å². The van der Waals surface area contributed by atoms with Crippen LogP contribution in [0.25, 0.3) is 0 Å². The van der Waals surface area contributed by atoms with Crippen molar-refractivity contribution in [3.8, 4) is 0 Å². The Balaban J connectivity index is 2.74. The summed E-state index contributed by atoms with van der Waals surface area (Å²) in [5.74, 6) is -0.348. The number of carbonyl (C=O) groups excluding carboxylic acids is 1. The Morgan fingerprint density at radius 2 is 2.06 bits per heavy atom. The van der Waals surface area contributed by atoms with Gasteiger partial charge in [0.15, 0.2) is 0 Å². The average molecular weight is 253 g/mol. The molecule has 0 aromatic carbocycles. The highest BCUT2D eigenvalue weighted by Gasteiger charge is 2.27. The Morgan fingerprint density at radius 3 is 2.50 bits per heavy atom. The van der Waals surface area contributed by atoms with Gasteiger partial charge in [-0.3, -0.25) is 9.59 Å². The van der Waals surface area contributed by atoms with E-state index in [0.29, 0.717) is 12.3 Å². The van der Waals surface area contributed by atoms with E-state index in [9.17, 15) is 9.59 Å². The van der Waals surface area contributed by atoms with Gasteiger partial charge in [-0.25, -0.2) is 0 Å². The normalized spacial score (nSPS) is 11.3. The number of nitrogens with zero attached hydrogens (tertiary/aromatic N) is 1. The minimum atomic E-state index is -0.916. The summed E-state index contributed by atoms with van der Waals surface area (Å²) < 4.78 is 5.19. The first kappa shape index (κ1) is 14.3. The predicted molar refractivity (Wildman–Crippen MR) is 65.8 cm³/mol. The van der Waals surface area contributed by atoms with Gasteiger partial charge in [0.1, 0.15) is 5.76 Å². The molecule has 0 fully saturated rings. The monoisotopic (exact) mass is 253 g/mol. The van der Waals surface area contributed by atoms with Crippen molar-refractivity contribution in [3.05, 3.63) is 24.2 Å². The molecule has 0 aliphatic rings. The highest BCUT2D eigenvalue weighted by molar-refractivity contribution is 5.82. The van der Waals surface area contributed by atoms with E-state index in [-0.39, 0.29) is 18.9 Å². The summed E-state index contributed by atoms with van der Waals surface area (Å²) in [6.45, 7) is 5.92. The van der Waals surface area contributed by atoms with Crippen molar-refractivity contribution >= 4 is 11.9 Å². The third kappa shape index (κ3) is 4.24. The largest absolute Gasteiger partial charge is 0.481 e. The Hall–Kier alpha value is -1.78. The van der Waals surface area contributed by atoms with Gasteiger partial charge in [0.2, 0.25) is 5.91 Å². The van der Waals surface area contributed by atoms with Crippen molar-refractivity contribution in [2.24, 2.45) is 5.41 Å². The standard InChI is InChI=1S/C13H19NO4/c1-13(2,3)12(17)14(7-6-11(15)16)9-10-5-4-8-18-10/h4-5,8H,6-7,9H2,1-3H3,(H,15,16). The lowest BCUT2D eigenvalue weighted by atomic mass is 9.94. The van der Waals surface area contributed by atoms with Gasteiger partial charge in [0.25, 0.3) is 0 Å². The first-order valence-corrected chi connectivity index (χ1v) is 5.84. The van der Waals surface area contributed by atoms with E-state index in [1.165, 1.54) is 11.2 Å². The molecular weight excluding hydrogens is 234 g/mol. The minimum Gasteiger partial charge on any atom is -0.481 e. The zero-order chi connectivity index (χ0) is 13.8. The fraction of sp³-hybridized carbons (Fsp3) is 0.538. The second-order valence-corrected chi connectivity index (χ2v) is 5.20. The van der Waals surface area contributed by atoms with E-state index in [2.05, 4.69) is 0 Å². The summed E-state index contributed by atoms with van der Waals surface area (Å²) in [6.07, 6.45) is 1.47. The van der Waals surface area contributed by atoms with E-state index in [4.69, 9.17) is 9.52 Å². The maximum atomic E-state index is 12.2. The van der Waals surface area contributed by atoms with Crippen molar-refractivity contribution in [1.82, 2.24) is 4.90 Å². The molecule has 1 N–H and O–H groups in total. The molecule has 1 heterocycles. The molecule has 0 aliphatic carbocycles. The van der Waals surface area contributed by atoms with Gasteiger partial charge in [-0.05, 0) is 12.1 Å². The molecule has 0 aliphatic heterocycles. The molecule has 5 heteroatoms. The topological polar surface area (TPSA) is 70.8 Å². The lowest BCUT2D eigenvalue weighted by Gasteiger charge is -2.28. The molecule has 0 radical (unpaired) electrons. The maximum absolute atomic E-state index is 12.2. The minimum absolute atomic E-state index is 0.0669. The third-order valence-electron chi connectivity index (χ3n) is 2.45. The van der Waals surface area contributed by atoms with Crippen LogP contribution >= 0.6 is 0 Å². The summed E-state index contributed by atoms with van der Waals surface area (Å²) in [7, 11) is 0. The van der Waals surface area contributed by atoms with E-state index in [1.54, 1.807) is 12.1 Å². The van der Waals surface area contributed by atoms with Gasteiger partial charge in [0, 0.05) is 12.0 Å². The summed E-state index contributed by atoms with van der Waals surface area (Å²) in [6, 6.07) is 3.51. The number of carboxylic acid groups (broad SMARTS) is 1. The quantitative estimate of drug-likeness (QED) is 0.872.